The second-order valence-corrected chi connectivity index (χ2v) is 8.15. The van der Waals surface area contributed by atoms with Gasteiger partial charge in [0.1, 0.15) is 11.3 Å². The Bertz CT molecular complexity index is 1160. The minimum atomic E-state index is -1.06. The molecule has 2 aromatic carbocycles. The summed E-state index contributed by atoms with van der Waals surface area (Å²) in [6.45, 7) is 1.68. The van der Waals surface area contributed by atoms with Crippen molar-refractivity contribution in [3.05, 3.63) is 65.9 Å². The van der Waals surface area contributed by atoms with Crippen LogP contribution in [-0.4, -0.2) is 40.5 Å². The number of benzene rings is 2. The third-order valence-electron chi connectivity index (χ3n) is 5.85. The van der Waals surface area contributed by atoms with Crippen LogP contribution in [0.4, 0.5) is 4.79 Å². The van der Waals surface area contributed by atoms with Crippen LogP contribution in [-0.2, 0) is 22.4 Å². The van der Waals surface area contributed by atoms with Crippen LogP contribution in [0.1, 0.15) is 30.9 Å². The highest BCUT2D eigenvalue weighted by atomic mass is 16.5. The second kappa shape index (κ2) is 8.74. The number of carbonyl (C=O) groups is 3. The van der Waals surface area contributed by atoms with Crippen LogP contribution in [0.3, 0.4) is 0 Å². The van der Waals surface area contributed by atoms with Crippen LogP contribution in [0.15, 0.2) is 54.7 Å². The van der Waals surface area contributed by atoms with Crippen molar-refractivity contribution in [3.63, 3.8) is 0 Å². The Labute approximate surface area is 185 Å². The zero-order valence-corrected chi connectivity index (χ0v) is 18.1. The number of hydrogen-bond acceptors (Lipinski definition) is 4. The fourth-order valence-corrected chi connectivity index (χ4v) is 3.91. The molecule has 1 unspecified atom stereocenters. The highest BCUT2D eigenvalue weighted by Crippen LogP contribution is 2.25. The first-order valence-electron chi connectivity index (χ1n) is 10.5. The van der Waals surface area contributed by atoms with E-state index in [1.807, 2.05) is 54.7 Å². The van der Waals surface area contributed by atoms with Crippen molar-refractivity contribution >= 4 is 28.7 Å². The molecule has 0 saturated carbocycles. The van der Waals surface area contributed by atoms with Gasteiger partial charge in [-0.1, -0.05) is 30.3 Å². The quantitative estimate of drug-likeness (QED) is 0.474. The first-order valence-corrected chi connectivity index (χ1v) is 10.5. The van der Waals surface area contributed by atoms with Crippen LogP contribution >= 0.6 is 0 Å². The number of carbonyl (C=O) groups excluding carboxylic acids is 3. The molecule has 8 heteroatoms. The van der Waals surface area contributed by atoms with Gasteiger partial charge < -0.3 is 15.0 Å². The highest BCUT2D eigenvalue weighted by molar-refractivity contribution is 6.07. The molecule has 4 rings (SSSR count). The minimum Gasteiger partial charge on any atom is -0.497 e. The van der Waals surface area contributed by atoms with E-state index in [-0.39, 0.29) is 6.42 Å². The number of methoxy groups -OCH3 is 1. The zero-order valence-electron chi connectivity index (χ0n) is 18.1. The molecule has 2 heterocycles. The molecule has 0 radical (unpaired) electrons. The normalized spacial score (nSPS) is 18.1. The van der Waals surface area contributed by atoms with E-state index in [1.165, 1.54) is 0 Å². The minimum absolute atomic E-state index is 0.127. The molecule has 4 amide bonds. The monoisotopic (exact) mass is 434 g/mol. The lowest BCUT2D eigenvalue weighted by atomic mass is 9.93. The van der Waals surface area contributed by atoms with E-state index < -0.39 is 23.4 Å². The number of aromatic amines is 1. The molecular weight excluding hydrogens is 408 g/mol. The standard InChI is InChI=1S/C24H26N4O4/c1-24(13-12-16-6-4-3-5-7-16)22(30)28(23(31)26-24)27-21(29)11-8-17-15-25-20-10-9-18(32-2)14-19(17)20/h3-7,9-10,14-15,25H,8,11-13H2,1-2H3,(H,26,31)(H,27,29). The Morgan fingerprint density at radius 3 is 2.66 bits per heavy atom. The molecule has 166 valence electrons. The van der Waals surface area contributed by atoms with E-state index in [0.29, 0.717) is 19.3 Å². The number of aryl methyl sites for hydroxylation is 2. The summed E-state index contributed by atoms with van der Waals surface area (Å²) < 4.78 is 5.27. The van der Waals surface area contributed by atoms with Crippen molar-refractivity contribution in [3.8, 4) is 5.75 Å². The number of amides is 4. The molecule has 8 nitrogen and oxygen atoms in total. The molecule has 1 atom stereocenters. The molecule has 1 fully saturated rings. The Morgan fingerprint density at radius 1 is 1.12 bits per heavy atom. The van der Waals surface area contributed by atoms with Gasteiger partial charge in [-0.3, -0.25) is 15.0 Å². The van der Waals surface area contributed by atoms with Gasteiger partial charge in [-0.25, -0.2) is 4.79 Å². The Hall–Kier alpha value is -3.81. The van der Waals surface area contributed by atoms with Gasteiger partial charge in [0.25, 0.3) is 5.91 Å². The number of aromatic nitrogens is 1. The van der Waals surface area contributed by atoms with E-state index in [9.17, 15) is 14.4 Å². The fourth-order valence-electron chi connectivity index (χ4n) is 3.91. The summed E-state index contributed by atoms with van der Waals surface area (Å²) in [6.07, 6.45) is 3.50. The van der Waals surface area contributed by atoms with Gasteiger partial charge in [0, 0.05) is 23.5 Å². The van der Waals surface area contributed by atoms with Gasteiger partial charge >= 0.3 is 6.03 Å². The van der Waals surface area contributed by atoms with Gasteiger partial charge in [-0.15, -0.1) is 0 Å². The van der Waals surface area contributed by atoms with E-state index >= 15 is 0 Å². The number of imide groups is 1. The molecule has 0 spiro atoms. The van der Waals surface area contributed by atoms with Crippen molar-refractivity contribution in [1.82, 2.24) is 20.7 Å². The number of hydrogen-bond donors (Lipinski definition) is 3. The Kier molecular flexibility index (Phi) is 5.85. The van der Waals surface area contributed by atoms with Crippen molar-refractivity contribution in [2.45, 2.75) is 38.1 Å². The topological polar surface area (TPSA) is 104 Å². The SMILES string of the molecule is COc1ccc2[nH]cc(CCC(=O)NN3C(=O)NC(C)(CCc4ccccc4)C3=O)c2c1. The van der Waals surface area contributed by atoms with Crippen LogP contribution in [0.5, 0.6) is 5.75 Å². The van der Waals surface area contributed by atoms with Crippen LogP contribution in [0.2, 0.25) is 0 Å². The molecule has 1 saturated heterocycles. The molecule has 1 aliphatic heterocycles. The number of urea groups is 1. The predicted molar refractivity (Wildman–Crippen MR) is 120 cm³/mol. The van der Waals surface area contributed by atoms with Gasteiger partial charge in [-0.05, 0) is 55.5 Å². The second-order valence-electron chi connectivity index (χ2n) is 8.15. The lowest BCUT2D eigenvalue weighted by Gasteiger charge is -2.21. The van der Waals surface area contributed by atoms with Crippen LogP contribution in [0.25, 0.3) is 10.9 Å². The number of fused-ring (bicyclic) bond motifs is 1. The van der Waals surface area contributed by atoms with Gasteiger partial charge in [-0.2, -0.15) is 5.01 Å². The zero-order chi connectivity index (χ0) is 22.7. The predicted octanol–water partition coefficient (Wildman–Crippen LogP) is 3.08. The summed E-state index contributed by atoms with van der Waals surface area (Å²) in [4.78, 5) is 41.0. The molecule has 0 aliphatic carbocycles. The summed E-state index contributed by atoms with van der Waals surface area (Å²) in [5, 5.41) is 4.49. The van der Waals surface area contributed by atoms with E-state index in [4.69, 9.17) is 4.74 Å². The summed E-state index contributed by atoms with van der Waals surface area (Å²) in [7, 11) is 1.60. The van der Waals surface area contributed by atoms with Gasteiger partial charge in [0.05, 0.1) is 7.11 Å². The van der Waals surface area contributed by atoms with Gasteiger partial charge in [0.2, 0.25) is 5.91 Å². The average Bonchev–Trinajstić information content (AvgIpc) is 3.30. The molecule has 3 aromatic rings. The third-order valence-corrected chi connectivity index (χ3v) is 5.85. The maximum Gasteiger partial charge on any atom is 0.344 e. The number of nitrogens with zero attached hydrogens (tertiary/aromatic N) is 1. The van der Waals surface area contributed by atoms with Gasteiger partial charge in [0.15, 0.2) is 0 Å². The van der Waals surface area contributed by atoms with Crippen LogP contribution < -0.4 is 15.5 Å². The van der Waals surface area contributed by atoms with Crippen molar-refractivity contribution in [1.29, 1.82) is 0 Å². The number of ether oxygens (including phenoxy) is 1. The maximum absolute atomic E-state index is 12.9. The number of nitrogens with one attached hydrogen (secondary N) is 3. The summed E-state index contributed by atoms with van der Waals surface area (Å²) in [6, 6.07) is 14.8. The summed E-state index contributed by atoms with van der Waals surface area (Å²) in [5.74, 6) is -0.126. The number of hydrazine groups is 1. The van der Waals surface area contributed by atoms with Crippen molar-refractivity contribution in [2.24, 2.45) is 0 Å². The molecule has 3 N–H and O–H groups in total. The maximum atomic E-state index is 12.9. The van der Waals surface area contributed by atoms with Crippen LogP contribution in [0, 0.1) is 0 Å². The highest BCUT2D eigenvalue weighted by Gasteiger charge is 2.48. The first-order chi connectivity index (χ1) is 15.4. The summed E-state index contributed by atoms with van der Waals surface area (Å²) >= 11 is 0. The number of rotatable bonds is 8. The van der Waals surface area contributed by atoms with Crippen molar-refractivity contribution < 1.29 is 19.1 Å². The summed E-state index contributed by atoms with van der Waals surface area (Å²) in [5.41, 5.74) is 4.38. The molecule has 1 aromatic heterocycles. The third kappa shape index (κ3) is 4.30. The Morgan fingerprint density at radius 2 is 1.91 bits per heavy atom. The lowest BCUT2D eigenvalue weighted by Crippen LogP contribution is -2.49. The van der Waals surface area contributed by atoms with E-state index in [0.717, 1.165) is 32.8 Å². The Balaban J connectivity index is 1.36. The van der Waals surface area contributed by atoms with E-state index in [1.54, 1.807) is 14.0 Å². The molecule has 32 heavy (non-hydrogen) atoms. The molecule has 0 bridgehead atoms. The first kappa shape index (κ1) is 21.4. The van der Waals surface area contributed by atoms with Crippen molar-refractivity contribution in [2.75, 3.05) is 7.11 Å². The number of H-pyrrole nitrogens is 1. The fraction of sp³-hybridized carbons (Fsp3) is 0.292. The molecule has 1 aliphatic rings. The molecular formula is C24H26N4O4. The largest absolute Gasteiger partial charge is 0.497 e. The smallest absolute Gasteiger partial charge is 0.344 e. The average molecular weight is 434 g/mol. The van der Waals surface area contributed by atoms with E-state index in [2.05, 4.69) is 15.7 Å². The lowest BCUT2D eigenvalue weighted by molar-refractivity contribution is -0.138.